The molecule has 3 aromatic rings. The van der Waals surface area contributed by atoms with E-state index >= 15 is 0 Å². The minimum Gasteiger partial charge on any atom is -0.490 e. The molecule has 0 radical (unpaired) electrons. The molecule has 2 amide bonds. The topological polar surface area (TPSA) is 97.9 Å². The standard InChI is InChI=1S/C28H31N3O5/c32-27(20-29-23-7-4-6-21(18-23)28(33)30-19-26-10-5-15-34-26)31-22-11-13-25(14-12-22)36-17-16-35-24-8-2-1-3-9-24/h1-4,6-9,11-14,18,26,29H,5,10,15-17,19-20H2,(H,30,33)(H,31,32). The van der Waals surface area contributed by atoms with Crippen molar-refractivity contribution in [2.45, 2.75) is 18.9 Å². The molecule has 0 aromatic heterocycles. The molecule has 0 spiro atoms. The van der Waals surface area contributed by atoms with E-state index in [-0.39, 0.29) is 24.5 Å². The number of para-hydroxylation sites is 1. The van der Waals surface area contributed by atoms with Crippen molar-refractivity contribution in [1.82, 2.24) is 5.32 Å². The molecule has 188 valence electrons. The molecular weight excluding hydrogens is 458 g/mol. The summed E-state index contributed by atoms with van der Waals surface area (Å²) in [6.45, 7) is 2.17. The first-order valence-electron chi connectivity index (χ1n) is 12.1. The lowest BCUT2D eigenvalue weighted by molar-refractivity contribution is -0.114. The van der Waals surface area contributed by atoms with Crippen molar-refractivity contribution < 1.29 is 23.8 Å². The largest absolute Gasteiger partial charge is 0.490 e. The molecule has 1 saturated heterocycles. The Labute approximate surface area is 211 Å². The Morgan fingerprint density at radius 3 is 2.33 bits per heavy atom. The first kappa shape index (κ1) is 25.1. The second-order valence-electron chi connectivity index (χ2n) is 8.36. The fraction of sp³-hybridized carbons (Fsp3) is 0.286. The Balaban J connectivity index is 1.16. The third-order valence-electron chi connectivity index (χ3n) is 5.59. The number of hydrogen-bond acceptors (Lipinski definition) is 6. The van der Waals surface area contributed by atoms with Gasteiger partial charge in [-0.1, -0.05) is 24.3 Å². The molecular formula is C28H31N3O5. The predicted octanol–water partition coefficient (Wildman–Crippen LogP) is 4.10. The zero-order valence-corrected chi connectivity index (χ0v) is 20.1. The zero-order valence-electron chi connectivity index (χ0n) is 20.1. The Bertz CT molecular complexity index is 1120. The van der Waals surface area contributed by atoms with Crippen LogP contribution in [0.3, 0.4) is 0 Å². The second kappa shape index (κ2) is 13.2. The van der Waals surface area contributed by atoms with Crippen LogP contribution < -0.4 is 25.4 Å². The highest BCUT2D eigenvalue weighted by atomic mass is 16.5. The van der Waals surface area contributed by atoms with Gasteiger partial charge in [0.1, 0.15) is 24.7 Å². The van der Waals surface area contributed by atoms with Crippen LogP contribution in [0.2, 0.25) is 0 Å². The minimum absolute atomic E-state index is 0.0655. The van der Waals surface area contributed by atoms with Crippen LogP contribution in [0, 0.1) is 0 Å². The van der Waals surface area contributed by atoms with Crippen LogP contribution in [-0.2, 0) is 9.53 Å². The molecule has 0 aliphatic carbocycles. The van der Waals surface area contributed by atoms with Crippen LogP contribution >= 0.6 is 0 Å². The third-order valence-corrected chi connectivity index (χ3v) is 5.59. The average Bonchev–Trinajstić information content (AvgIpc) is 3.44. The number of benzene rings is 3. The maximum absolute atomic E-state index is 12.4. The fourth-order valence-electron chi connectivity index (χ4n) is 3.74. The molecule has 8 nitrogen and oxygen atoms in total. The number of carbonyl (C=O) groups excluding carboxylic acids is 2. The predicted molar refractivity (Wildman–Crippen MR) is 139 cm³/mol. The van der Waals surface area contributed by atoms with Gasteiger partial charge >= 0.3 is 0 Å². The maximum Gasteiger partial charge on any atom is 0.251 e. The molecule has 1 aliphatic heterocycles. The second-order valence-corrected chi connectivity index (χ2v) is 8.36. The highest BCUT2D eigenvalue weighted by molar-refractivity contribution is 5.96. The zero-order chi connectivity index (χ0) is 25.0. The number of amides is 2. The van der Waals surface area contributed by atoms with Crippen molar-refractivity contribution in [3.05, 3.63) is 84.4 Å². The van der Waals surface area contributed by atoms with Gasteiger partial charge in [0, 0.05) is 30.1 Å². The van der Waals surface area contributed by atoms with E-state index in [4.69, 9.17) is 14.2 Å². The van der Waals surface area contributed by atoms with Crippen molar-refractivity contribution in [3.63, 3.8) is 0 Å². The van der Waals surface area contributed by atoms with Crippen LogP contribution in [0.15, 0.2) is 78.9 Å². The lowest BCUT2D eigenvalue weighted by atomic mass is 10.1. The molecule has 1 aliphatic rings. The monoisotopic (exact) mass is 489 g/mol. The van der Waals surface area contributed by atoms with Crippen LogP contribution in [0.4, 0.5) is 11.4 Å². The number of carbonyl (C=O) groups is 2. The van der Waals surface area contributed by atoms with Gasteiger partial charge in [-0.25, -0.2) is 0 Å². The van der Waals surface area contributed by atoms with Crippen LogP contribution in [0.5, 0.6) is 11.5 Å². The SMILES string of the molecule is O=C(CNc1cccc(C(=O)NCC2CCCO2)c1)Nc1ccc(OCCOc2ccccc2)cc1. The Morgan fingerprint density at radius 2 is 1.61 bits per heavy atom. The summed E-state index contributed by atoms with van der Waals surface area (Å²) in [5.41, 5.74) is 1.89. The van der Waals surface area contributed by atoms with Crippen LogP contribution in [-0.4, -0.2) is 50.8 Å². The van der Waals surface area contributed by atoms with E-state index in [0.717, 1.165) is 25.2 Å². The van der Waals surface area contributed by atoms with Gasteiger partial charge < -0.3 is 30.2 Å². The lowest BCUT2D eigenvalue weighted by Crippen LogP contribution is -2.31. The quantitative estimate of drug-likeness (QED) is 0.332. The normalized spacial score (nSPS) is 14.6. The van der Waals surface area contributed by atoms with Gasteiger partial charge in [-0.05, 0) is 67.4 Å². The summed E-state index contributed by atoms with van der Waals surface area (Å²) in [5, 5.41) is 8.81. The van der Waals surface area contributed by atoms with Crippen LogP contribution in [0.25, 0.3) is 0 Å². The van der Waals surface area contributed by atoms with Crippen molar-refractivity contribution >= 4 is 23.2 Å². The van der Waals surface area contributed by atoms with Crippen molar-refractivity contribution in [1.29, 1.82) is 0 Å². The van der Waals surface area contributed by atoms with Gasteiger partial charge in [0.2, 0.25) is 5.91 Å². The average molecular weight is 490 g/mol. The molecule has 3 aromatic carbocycles. The fourth-order valence-corrected chi connectivity index (χ4v) is 3.74. The van der Waals surface area contributed by atoms with Crippen molar-refractivity contribution in [3.8, 4) is 11.5 Å². The molecule has 1 heterocycles. The van der Waals surface area contributed by atoms with Crippen molar-refractivity contribution in [2.75, 3.05) is 43.5 Å². The minimum atomic E-state index is -0.201. The number of hydrogen-bond donors (Lipinski definition) is 3. The summed E-state index contributed by atoms with van der Waals surface area (Å²) in [4.78, 5) is 24.8. The van der Waals surface area contributed by atoms with E-state index in [1.807, 2.05) is 36.4 Å². The third kappa shape index (κ3) is 8.02. The first-order chi connectivity index (χ1) is 17.7. The Kier molecular flexibility index (Phi) is 9.16. The Morgan fingerprint density at radius 1 is 0.861 bits per heavy atom. The van der Waals surface area contributed by atoms with E-state index in [1.165, 1.54) is 0 Å². The van der Waals surface area contributed by atoms with Gasteiger partial charge in [0.25, 0.3) is 5.91 Å². The first-order valence-corrected chi connectivity index (χ1v) is 12.1. The van der Waals surface area contributed by atoms with E-state index in [2.05, 4.69) is 16.0 Å². The molecule has 0 bridgehead atoms. The van der Waals surface area contributed by atoms with Crippen molar-refractivity contribution in [2.24, 2.45) is 0 Å². The molecule has 1 atom stereocenters. The van der Waals surface area contributed by atoms with Gasteiger partial charge in [-0.15, -0.1) is 0 Å². The van der Waals surface area contributed by atoms with Gasteiger partial charge in [-0.2, -0.15) is 0 Å². The van der Waals surface area contributed by atoms with E-state index in [0.29, 0.717) is 42.4 Å². The number of anilines is 2. The summed E-state index contributed by atoms with van der Waals surface area (Å²) < 4.78 is 16.8. The molecule has 1 fully saturated rings. The van der Waals surface area contributed by atoms with E-state index in [1.54, 1.807) is 42.5 Å². The van der Waals surface area contributed by atoms with E-state index < -0.39 is 0 Å². The molecule has 1 unspecified atom stereocenters. The van der Waals surface area contributed by atoms with Gasteiger partial charge in [-0.3, -0.25) is 9.59 Å². The highest BCUT2D eigenvalue weighted by Crippen LogP contribution is 2.17. The highest BCUT2D eigenvalue weighted by Gasteiger charge is 2.16. The molecule has 8 heteroatoms. The summed E-state index contributed by atoms with van der Waals surface area (Å²) in [5.74, 6) is 1.13. The maximum atomic E-state index is 12.4. The van der Waals surface area contributed by atoms with E-state index in [9.17, 15) is 9.59 Å². The smallest absolute Gasteiger partial charge is 0.251 e. The summed E-state index contributed by atoms with van der Waals surface area (Å²) in [6, 6.07) is 23.8. The summed E-state index contributed by atoms with van der Waals surface area (Å²) >= 11 is 0. The summed E-state index contributed by atoms with van der Waals surface area (Å²) in [7, 11) is 0. The van der Waals surface area contributed by atoms with Gasteiger partial charge in [0.05, 0.1) is 12.6 Å². The molecule has 0 saturated carbocycles. The van der Waals surface area contributed by atoms with Gasteiger partial charge in [0.15, 0.2) is 0 Å². The number of nitrogens with one attached hydrogen (secondary N) is 3. The lowest BCUT2D eigenvalue weighted by Gasteiger charge is -2.12. The number of ether oxygens (including phenoxy) is 3. The molecule has 3 N–H and O–H groups in total. The Hall–Kier alpha value is -4.04. The molecule has 4 rings (SSSR count). The number of rotatable bonds is 12. The molecule has 36 heavy (non-hydrogen) atoms. The summed E-state index contributed by atoms with van der Waals surface area (Å²) in [6.07, 6.45) is 2.09. The van der Waals surface area contributed by atoms with Crippen LogP contribution in [0.1, 0.15) is 23.2 Å².